The smallest absolute Gasteiger partial charge is 0.275 e. The minimum absolute atomic E-state index is 0.0595. The van der Waals surface area contributed by atoms with E-state index in [1.54, 1.807) is 37.4 Å². The summed E-state index contributed by atoms with van der Waals surface area (Å²) < 4.78 is 1.50. The van der Waals surface area contributed by atoms with Gasteiger partial charge in [0.25, 0.3) is 11.6 Å². The van der Waals surface area contributed by atoms with Gasteiger partial charge in [0.1, 0.15) is 11.2 Å². The van der Waals surface area contributed by atoms with E-state index in [9.17, 15) is 14.9 Å². The Morgan fingerprint density at radius 1 is 1.31 bits per heavy atom. The van der Waals surface area contributed by atoms with Crippen LogP contribution in [0.25, 0.3) is 16.6 Å². The number of nitrogens with zero attached hydrogens (tertiary/aromatic N) is 3. The van der Waals surface area contributed by atoms with E-state index in [1.807, 2.05) is 0 Å². The van der Waals surface area contributed by atoms with Crippen molar-refractivity contribution in [2.24, 2.45) is 0 Å². The third kappa shape index (κ3) is 2.70. The van der Waals surface area contributed by atoms with Crippen LogP contribution in [-0.4, -0.2) is 27.7 Å². The van der Waals surface area contributed by atoms with Gasteiger partial charge in [-0.25, -0.2) is 4.68 Å². The number of hydrogen-bond donors (Lipinski definition) is 1. The van der Waals surface area contributed by atoms with Gasteiger partial charge >= 0.3 is 0 Å². The molecule has 0 unspecified atom stereocenters. The molecule has 0 atom stereocenters. The zero-order valence-electron chi connectivity index (χ0n) is 13.9. The second-order valence-corrected chi connectivity index (χ2v) is 6.71. The van der Waals surface area contributed by atoms with Gasteiger partial charge in [0.05, 0.1) is 10.6 Å². The molecule has 0 spiro atoms. The van der Waals surface area contributed by atoms with Crippen LogP contribution >= 0.6 is 11.6 Å². The van der Waals surface area contributed by atoms with Gasteiger partial charge in [-0.15, -0.1) is 0 Å². The lowest BCUT2D eigenvalue weighted by Gasteiger charge is -2.07. The number of carbonyl (C=O) groups excluding carboxylic acids is 1. The van der Waals surface area contributed by atoms with Crippen LogP contribution in [0.3, 0.4) is 0 Å². The number of fused-ring (bicyclic) bond motifs is 1. The zero-order valence-corrected chi connectivity index (χ0v) is 14.7. The summed E-state index contributed by atoms with van der Waals surface area (Å²) in [7, 11) is 1.54. The van der Waals surface area contributed by atoms with E-state index < -0.39 is 0 Å². The van der Waals surface area contributed by atoms with Crippen molar-refractivity contribution in [1.82, 2.24) is 15.1 Å². The summed E-state index contributed by atoms with van der Waals surface area (Å²) in [6.07, 6.45) is 1.85. The lowest BCUT2D eigenvalue weighted by molar-refractivity contribution is -0.385. The number of carbonyl (C=O) groups is 1. The van der Waals surface area contributed by atoms with Crippen LogP contribution < -0.4 is 5.32 Å². The van der Waals surface area contributed by atoms with Crippen LogP contribution in [0.5, 0.6) is 0 Å². The second-order valence-electron chi connectivity index (χ2n) is 6.28. The predicted octanol–water partition coefficient (Wildman–Crippen LogP) is 3.82. The van der Waals surface area contributed by atoms with Crippen molar-refractivity contribution in [3.8, 4) is 5.69 Å². The van der Waals surface area contributed by atoms with E-state index in [2.05, 4.69) is 10.4 Å². The number of benzene rings is 2. The molecule has 1 heterocycles. The van der Waals surface area contributed by atoms with E-state index in [0.29, 0.717) is 32.9 Å². The molecule has 1 amide bonds. The van der Waals surface area contributed by atoms with Crippen molar-refractivity contribution in [1.29, 1.82) is 0 Å². The summed E-state index contributed by atoms with van der Waals surface area (Å²) in [6.45, 7) is 0. The van der Waals surface area contributed by atoms with Gasteiger partial charge in [0, 0.05) is 29.1 Å². The molecule has 1 aromatic heterocycles. The van der Waals surface area contributed by atoms with E-state index in [1.165, 1.54) is 10.7 Å². The largest absolute Gasteiger partial charge is 0.354 e. The van der Waals surface area contributed by atoms with Crippen molar-refractivity contribution in [3.63, 3.8) is 0 Å². The number of hydrogen-bond acceptors (Lipinski definition) is 4. The highest BCUT2D eigenvalue weighted by atomic mass is 35.5. The number of amides is 1. The molecule has 0 radical (unpaired) electrons. The molecular weight excluding hydrogens is 356 g/mol. The number of nitro groups is 1. The second kappa shape index (κ2) is 6.10. The van der Waals surface area contributed by atoms with Gasteiger partial charge in [-0.3, -0.25) is 14.9 Å². The molecule has 7 nitrogen and oxygen atoms in total. The molecule has 1 aliphatic carbocycles. The number of rotatable bonds is 4. The summed E-state index contributed by atoms with van der Waals surface area (Å²) in [4.78, 5) is 23.6. The zero-order chi connectivity index (χ0) is 18.4. The average molecular weight is 371 g/mol. The van der Waals surface area contributed by atoms with E-state index in [-0.39, 0.29) is 22.4 Å². The summed E-state index contributed by atoms with van der Waals surface area (Å²) in [5.74, 6) is -0.130. The Morgan fingerprint density at radius 3 is 2.58 bits per heavy atom. The van der Waals surface area contributed by atoms with Crippen LogP contribution in [0, 0.1) is 10.1 Å². The number of halogens is 1. The predicted molar refractivity (Wildman–Crippen MR) is 98.1 cm³/mol. The van der Waals surface area contributed by atoms with Crippen LogP contribution in [-0.2, 0) is 0 Å². The first kappa shape index (κ1) is 16.5. The Labute approximate surface area is 153 Å². The van der Waals surface area contributed by atoms with E-state index >= 15 is 0 Å². The maximum Gasteiger partial charge on any atom is 0.275 e. The Hall–Kier alpha value is -2.93. The van der Waals surface area contributed by atoms with Gasteiger partial charge in [0.2, 0.25) is 0 Å². The fraction of sp³-hybridized carbons (Fsp3) is 0.222. The molecule has 4 rings (SSSR count). The van der Waals surface area contributed by atoms with Gasteiger partial charge in [-0.2, -0.15) is 5.10 Å². The fourth-order valence-corrected chi connectivity index (χ4v) is 3.25. The minimum Gasteiger partial charge on any atom is -0.354 e. The first-order valence-corrected chi connectivity index (χ1v) is 8.56. The summed E-state index contributed by atoms with van der Waals surface area (Å²) in [5, 5.41) is 19.7. The first-order valence-electron chi connectivity index (χ1n) is 8.18. The topological polar surface area (TPSA) is 90.1 Å². The Morgan fingerprint density at radius 2 is 2.00 bits per heavy atom. The summed E-state index contributed by atoms with van der Waals surface area (Å²) in [5.41, 5.74) is 2.14. The third-order valence-electron chi connectivity index (χ3n) is 4.55. The van der Waals surface area contributed by atoms with E-state index in [0.717, 1.165) is 12.8 Å². The van der Waals surface area contributed by atoms with Gasteiger partial charge in [-0.1, -0.05) is 11.6 Å². The van der Waals surface area contributed by atoms with Crippen LogP contribution in [0.1, 0.15) is 34.8 Å². The quantitative estimate of drug-likeness (QED) is 0.558. The number of nitrogens with one attached hydrogen (secondary N) is 1. The molecule has 132 valence electrons. The highest BCUT2D eigenvalue weighted by Crippen LogP contribution is 2.45. The SMILES string of the molecule is CNC(=O)c1c2cc(C3CC3)c([N+](=O)[O-])cc2nn1-c1ccc(Cl)cc1. The van der Waals surface area contributed by atoms with Crippen molar-refractivity contribution in [2.45, 2.75) is 18.8 Å². The number of aromatic nitrogens is 2. The molecule has 26 heavy (non-hydrogen) atoms. The molecule has 3 aromatic rings. The average Bonchev–Trinajstić information content (AvgIpc) is 3.41. The van der Waals surface area contributed by atoms with Gasteiger partial charge in [0.15, 0.2) is 0 Å². The Bertz CT molecular complexity index is 1040. The molecule has 2 aromatic carbocycles. The van der Waals surface area contributed by atoms with Gasteiger partial charge < -0.3 is 5.32 Å². The Kier molecular flexibility index (Phi) is 3.88. The Balaban J connectivity index is 2.01. The van der Waals surface area contributed by atoms with Crippen molar-refractivity contribution < 1.29 is 9.72 Å². The molecule has 0 bridgehead atoms. The lowest BCUT2D eigenvalue weighted by atomic mass is 10.0. The first-order chi connectivity index (χ1) is 12.5. The lowest BCUT2D eigenvalue weighted by Crippen LogP contribution is -2.21. The summed E-state index contributed by atoms with van der Waals surface area (Å²) >= 11 is 5.94. The number of nitro benzene ring substituents is 1. The normalized spacial score (nSPS) is 13.8. The highest BCUT2D eigenvalue weighted by Gasteiger charge is 2.32. The maximum absolute atomic E-state index is 12.5. The van der Waals surface area contributed by atoms with Crippen LogP contribution in [0.15, 0.2) is 36.4 Å². The fourth-order valence-electron chi connectivity index (χ4n) is 3.12. The molecule has 8 heteroatoms. The standard InChI is InChI=1S/C18H15ClN4O3/c1-20-18(24)17-14-8-13(10-2-3-10)16(23(25)26)9-15(14)21-22(17)12-6-4-11(19)5-7-12/h4-10H,2-3H2,1H3,(H,20,24). The molecule has 0 aliphatic heterocycles. The molecule has 1 saturated carbocycles. The molecule has 1 fully saturated rings. The van der Waals surface area contributed by atoms with E-state index in [4.69, 9.17) is 11.6 Å². The van der Waals surface area contributed by atoms with Crippen molar-refractivity contribution in [3.05, 3.63) is 62.8 Å². The molecule has 0 saturated heterocycles. The van der Waals surface area contributed by atoms with Gasteiger partial charge in [-0.05, 0) is 49.1 Å². The third-order valence-corrected chi connectivity index (χ3v) is 4.80. The van der Waals surface area contributed by atoms with Crippen LogP contribution in [0.4, 0.5) is 5.69 Å². The van der Waals surface area contributed by atoms with Crippen molar-refractivity contribution >= 4 is 34.1 Å². The highest BCUT2D eigenvalue weighted by molar-refractivity contribution is 6.30. The summed E-state index contributed by atoms with van der Waals surface area (Å²) in [6, 6.07) is 10.1. The molecular formula is C18H15ClN4O3. The molecule has 1 N–H and O–H groups in total. The van der Waals surface area contributed by atoms with Crippen molar-refractivity contribution in [2.75, 3.05) is 7.05 Å². The minimum atomic E-state index is -0.381. The van der Waals surface area contributed by atoms with Crippen LogP contribution in [0.2, 0.25) is 5.02 Å². The monoisotopic (exact) mass is 370 g/mol. The maximum atomic E-state index is 12.5. The molecule has 1 aliphatic rings.